The normalized spacial score (nSPS) is 10.2. The fourth-order valence-electron chi connectivity index (χ4n) is 1.14. The van der Waals surface area contributed by atoms with Gasteiger partial charge in [0.05, 0.1) is 22.6 Å². The number of nitrogens with two attached hydrogens (primary N) is 1. The first-order valence-corrected chi connectivity index (χ1v) is 4.92. The Hall–Kier alpha value is -1.46. The highest BCUT2D eigenvalue weighted by atomic mass is 35.5. The van der Waals surface area contributed by atoms with Crippen molar-refractivity contribution in [3.8, 4) is 5.69 Å². The van der Waals surface area contributed by atoms with E-state index in [0.717, 1.165) is 5.69 Å². The predicted molar refractivity (Wildman–Crippen MR) is 62.3 cm³/mol. The minimum absolute atomic E-state index is 0.259. The van der Waals surface area contributed by atoms with Crippen molar-refractivity contribution in [3.05, 3.63) is 41.4 Å². The summed E-state index contributed by atoms with van der Waals surface area (Å²) in [6, 6.07) is 3.55. The molecule has 0 bridgehead atoms. The first-order chi connectivity index (χ1) is 7.16. The van der Waals surface area contributed by atoms with Crippen LogP contribution in [-0.2, 0) is 0 Å². The lowest BCUT2D eigenvalue weighted by atomic mass is 10.3. The highest BCUT2D eigenvalue weighted by molar-refractivity contribution is 7.80. The van der Waals surface area contributed by atoms with Gasteiger partial charge in [-0.3, -0.25) is 4.98 Å². The van der Waals surface area contributed by atoms with E-state index in [1.807, 2.05) is 0 Å². The molecule has 0 aromatic carbocycles. The lowest BCUT2D eigenvalue weighted by Gasteiger charge is -2.02. The van der Waals surface area contributed by atoms with E-state index in [1.165, 1.54) is 0 Å². The summed E-state index contributed by atoms with van der Waals surface area (Å²) in [5.41, 5.74) is 6.86. The Morgan fingerprint density at radius 3 is 2.93 bits per heavy atom. The number of nitrogens with zero attached hydrogens (tertiary/aromatic N) is 3. The van der Waals surface area contributed by atoms with E-state index < -0.39 is 0 Å². The highest BCUT2D eigenvalue weighted by Gasteiger charge is 2.02. The zero-order chi connectivity index (χ0) is 10.8. The molecule has 15 heavy (non-hydrogen) atoms. The molecule has 0 spiro atoms. The molecular weight excluding hydrogens is 232 g/mol. The van der Waals surface area contributed by atoms with Crippen molar-refractivity contribution < 1.29 is 0 Å². The van der Waals surface area contributed by atoms with Crippen LogP contribution in [0.4, 0.5) is 0 Å². The average molecular weight is 239 g/mol. The molecule has 2 N–H and O–H groups in total. The van der Waals surface area contributed by atoms with Crippen LogP contribution in [0.25, 0.3) is 5.69 Å². The molecule has 0 aliphatic carbocycles. The molecule has 0 fully saturated rings. The van der Waals surface area contributed by atoms with Gasteiger partial charge in [-0.15, -0.1) is 0 Å². The van der Waals surface area contributed by atoms with Crippen LogP contribution in [0, 0.1) is 0 Å². The van der Waals surface area contributed by atoms with Crippen LogP contribution in [0.15, 0.2) is 30.7 Å². The molecule has 0 saturated heterocycles. The summed E-state index contributed by atoms with van der Waals surface area (Å²) in [7, 11) is 0. The van der Waals surface area contributed by atoms with Crippen molar-refractivity contribution in [2.45, 2.75) is 0 Å². The van der Waals surface area contributed by atoms with Crippen molar-refractivity contribution >= 4 is 28.8 Å². The first kappa shape index (κ1) is 10.1. The Balaban J connectivity index is 2.45. The van der Waals surface area contributed by atoms with Crippen molar-refractivity contribution in [1.82, 2.24) is 14.8 Å². The zero-order valence-corrected chi connectivity index (χ0v) is 9.16. The van der Waals surface area contributed by atoms with Crippen molar-refractivity contribution in [1.29, 1.82) is 0 Å². The summed E-state index contributed by atoms with van der Waals surface area (Å²) in [5.74, 6) is 0. The zero-order valence-electron chi connectivity index (χ0n) is 7.59. The second-order valence-electron chi connectivity index (χ2n) is 2.87. The molecule has 0 amide bonds. The summed E-state index contributed by atoms with van der Waals surface area (Å²) in [6.45, 7) is 0. The maximum absolute atomic E-state index is 5.76. The van der Waals surface area contributed by atoms with Crippen LogP contribution in [0.3, 0.4) is 0 Å². The second-order valence-corrected chi connectivity index (χ2v) is 3.74. The van der Waals surface area contributed by atoms with Gasteiger partial charge in [0, 0.05) is 12.4 Å². The maximum atomic E-state index is 5.76. The van der Waals surface area contributed by atoms with Crippen LogP contribution in [0.2, 0.25) is 5.02 Å². The van der Waals surface area contributed by atoms with Gasteiger partial charge in [0.2, 0.25) is 0 Å². The molecular formula is C9H7ClN4S. The molecule has 76 valence electrons. The molecule has 2 aromatic rings. The predicted octanol–water partition coefficient (Wildman–Crippen LogP) is 1.55. The van der Waals surface area contributed by atoms with E-state index in [4.69, 9.17) is 29.6 Å². The lowest BCUT2D eigenvalue weighted by Crippen LogP contribution is -2.12. The minimum Gasteiger partial charge on any atom is -0.388 e. The monoisotopic (exact) mass is 238 g/mol. The van der Waals surface area contributed by atoms with Crippen LogP contribution in [0.1, 0.15) is 5.69 Å². The summed E-state index contributed by atoms with van der Waals surface area (Å²) < 4.78 is 1.63. The molecule has 2 rings (SSSR count). The van der Waals surface area contributed by atoms with E-state index in [9.17, 15) is 0 Å². The topological polar surface area (TPSA) is 56.7 Å². The van der Waals surface area contributed by atoms with Crippen molar-refractivity contribution in [2.24, 2.45) is 5.73 Å². The third-order valence-electron chi connectivity index (χ3n) is 1.81. The number of rotatable bonds is 2. The van der Waals surface area contributed by atoms with Crippen molar-refractivity contribution in [3.63, 3.8) is 0 Å². The Morgan fingerprint density at radius 2 is 2.33 bits per heavy atom. The molecule has 0 atom stereocenters. The van der Waals surface area contributed by atoms with E-state index in [1.54, 1.807) is 35.4 Å². The van der Waals surface area contributed by atoms with E-state index in [-0.39, 0.29) is 4.99 Å². The first-order valence-electron chi connectivity index (χ1n) is 4.13. The average Bonchev–Trinajstić information content (AvgIpc) is 2.65. The smallest absolute Gasteiger partial charge is 0.122 e. The van der Waals surface area contributed by atoms with Gasteiger partial charge >= 0.3 is 0 Å². The number of hydrogen-bond acceptors (Lipinski definition) is 3. The van der Waals surface area contributed by atoms with Gasteiger partial charge in [-0.25, -0.2) is 4.68 Å². The van der Waals surface area contributed by atoms with Gasteiger partial charge in [0.15, 0.2) is 0 Å². The number of hydrogen-bond donors (Lipinski definition) is 1. The standard InChI is InChI=1S/C9H7ClN4S/c10-6-4-13-14(5-6)7-1-2-12-8(3-7)9(11)15/h1-5H,(H2,11,15). The van der Waals surface area contributed by atoms with Gasteiger partial charge in [-0.05, 0) is 12.1 Å². The van der Waals surface area contributed by atoms with E-state index >= 15 is 0 Å². The molecule has 4 nitrogen and oxygen atoms in total. The Kier molecular flexibility index (Phi) is 2.66. The molecule has 2 aromatic heterocycles. The molecule has 0 radical (unpaired) electrons. The Bertz CT molecular complexity index is 508. The molecule has 2 heterocycles. The SMILES string of the molecule is NC(=S)c1cc(-n2cc(Cl)cn2)ccn1. The quantitative estimate of drug-likeness (QED) is 0.807. The van der Waals surface area contributed by atoms with Crippen LogP contribution >= 0.6 is 23.8 Å². The van der Waals surface area contributed by atoms with Crippen LogP contribution in [-0.4, -0.2) is 19.8 Å². The van der Waals surface area contributed by atoms with Crippen LogP contribution in [0.5, 0.6) is 0 Å². The highest BCUT2D eigenvalue weighted by Crippen LogP contribution is 2.11. The van der Waals surface area contributed by atoms with Gasteiger partial charge < -0.3 is 5.73 Å². The van der Waals surface area contributed by atoms with Gasteiger partial charge in [-0.2, -0.15) is 5.10 Å². The number of aromatic nitrogens is 3. The minimum atomic E-state index is 0.259. The molecule has 0 aliphatic rings. The molecule has 6 heteroatoms. The maximum Gasteiger partial charge on any atom is 0.122 e. The summed E-state index contributed by atoms with van der Waals surface area (Å²) in [4.78, 5) is 4.29. The van der Waals surface area contributed by atoms with E-state index in [2.05, 4.69) is 10.1 Å². The Morgan fingerprint density at radius 1 is 1.53 bits per heavy atom. The summed E-state index contributed by atoms with van der Waals surface area (Å²) >= 11 is 10.6. The molecule has 0 unspecified atom stereocenters. The lowest BCUT2D eigenvalue weighted by molar-refractivity contribution is 0.877. The van der Waals surface area contributed by atoms with Crippen LogP contribution < -0.4 is 5.73 Å². The number of thiocarbonyl (C=S) groups is 1. The number of halogens is 1. The molecule has 0 saturated carbocycles. The second kappa shape index (κ2) is 3.96. The molecule has 0 aliphatic heterocycles. The number of pyridine rings is 1. The third-order valence-corrected chi connectivity index (χ3v) is 2.22. The van der Waals surface area contributed by atoms with Gasteiger partial charge in [0.1, 0.15) is 4.99 Å². The third kappa shape index (κ3) is 2.14. The van der Waals surface area contributed by atoms with Gasteiger partial charge in [0.25, 0.3) is 0 Å². The summed E-state index contributed by atoms with van der Waals surface area (Å²) in [6.07, 6.45) is 4.88. The van der Waals surface area contributed by atoms with Gasteiger partial charge in [-0.1, -0.05) is 23.8 Å². The largest absolute Gasteiger partial charge is 0.388 e. The fourth-order valence-corrected chi connectivity index (χ4v) is 1.39. The fraction of sp³-hybridized carbons (Fsp3) is 0. The Labute approximate surface area is 96.7 Å². The van der Waals surface area contributed by atoms with E-state index in [0.29, 0.717) is 10.7 Å². The summed E-state index contributed by atoms with van der Waals surface area (Å²) in [5, 5.41) is 4.63. The van der Waals surface area contributed by atoms with Crippen molar-refractivity contribution in [2.75, 3.05) is 0 Å².